The molecule has 0 aliphatic carbocycles. The first-order valence-corrected chi connectivity index (χ1v) is 6.88. The van der Waals surface area contributed by atoms with Crippen LogP contribution in [0.3, 0.4) is 0 Å². The van der Waals surface area contributed by atoms with Crippen molar-refractivity contribution in [3.63, 3.8) is 0 Å². The minimum absolute atomic E-state index is 0.0587. The van der Waals surface area contributed by atoms with Crippen LogP contribution in [0.15, 0.2) is 16.7 Å². The highest BCUT2D eigenvalue weighted by Crippen LogP contribution is 2.30. The molecule has 98 valence electrons. The van der Waals surface area contributed by atoms with E-state index in [2.05, 4.69) is 26.2 Å². The lowest BCUT2D eigenvalue weighted by Crippen LogP contribution is -2.50. The van der Waals surface area contributed by atoms with Crippen LogP contribution in [-0.4, -0.2) is 23.5 Å². The van der Waals surface area contributed by atoms with Crippen molar-refractivity contribution >= 4 is 33.4 Å². The third-order valence-corrected chi connectivity index (χ3v) is 3.48. The number of nitrogens with one attached hydrogen (secondary N) is 1. The molecule has 0 spiro atoms. The van der Waals surface area contributed by atoms with Gasteiger partial charge in [-0.05, 0) is 39.5 Å². The van der Waals surface area contributed by atoms with E-state index < -0.39 is 0 Å². The van der Waals surface area contributed by atoms with E-state index in [4.69, 9.17) is 16.3 Å². The second-order valence-corrected chi connectivity index (χ2v) is 5.81. The summed E-state index contributed by atoms with van der Waals surface area (Å²) in [5.74, 6) is 0.189. The van der Waals surface area contributed by atoms with Crippen LogP contribution in [0.4, 0.5) is 0 Å². The van der Waals surface area contributed by atoms with Crippen molar-refractivity contribution in [3.8, 4) is 0 Å². The number of hydrogen-bond acceptors (Lipinski definition) is 3. The number of ether oxygens (including phenoxy) is 1. The molecule has 4 nitrogen and oxygen atoms in total. The highest BCUT2D eigenvalue weighted by Gasteiger charge is 2.33. The van der Waals surface area contributed by atoms with Gasteiger partial charge in [0.2, 0.25) is 5.91 Å². The van der Waals surface area contributed by atoms with E-state index in [1.165, 1.54) is 0 Å². The van der Waals surface area contributed by atoms with E-state index in [-0.39, 0.29) is 30.6 Å². The van der Waals surface area contributed by atoms with Gasteiger partial charge in [-0.2, -0.15) is 0 Å². The number of hydrogen-bond donors (Lipinski definition) is 1. The largest absolute Gasteiger partial charge is 0.362 e. The van der Waals surface area contributed by atoms with E-state index in [1.54, 1.807) is 6.07 Å². The van der Waals surface area contributed by atoms with Gasteiger partial charge in [-0.3, -0.25) is 4.79 Å². The molecule has 2 heterocycles. The van der Waals surface area contributed by atoms with Crippen molar-refractivity contribution < 1.29 is 9.53 Å². The summed E-state index contributed by atoms with van der Waals surface area (Å²) in [5, 5.41) is 3.37. The molecule has 1 aliphatic rings. The summed E-state index contributed by atoms with van der Waals surface area (Å²) in [5.41, 5.74) is 0.917. The van der Waals surface area contributed by atoms with E-state index >= 15 is 0 Å². The Morgan fingerprint density at radius 3 is 2.89 bits per heavy atom. The van der Waals surface area contributed by atoms with Crippen LogP contribution >= 0.6 is 27.5 Å². The molecule has 1 aromatic rings. The van der Waals surface area contributed by atoms with Crippen molar-refractivity contribution in [1.29, 1.82) is 0 Å². The lowest BCUT2D eigenvalue weighted by atomic mass is 9.92. The molecule has 1 N–H and O–H groups in total. The Hall–Kier alpha value is -0.650. The normalized spacial score (nSPS) is 24.2. The molecule has 1 aliphatic heterocycles. The van der Waals surface area contributed by atoms with Gasteiger partial charge in [0.05, 0.1) is 6.04 Å². The number of pyridine rings is 1. The quantitative estimate of drug-likeness (QED) is 0.847. The molecule has 0 bridgehead atoms. The molecule has 1 aromatic heterocycles. The van der Waals surface area contributed by atoms with Crippen molar-refractivity contribution in [2.75, 3.05) is 6.61 Å². The summed E-state index contributed by atoms with van der Waals surface area (Å²) < 4.78 is 6.30. The molecule has 6 heteroatoms. The molecule has 0 saturated carbocycles. The van der Waals surface area contributed by atoms with Crippen molar-refractivity contribution in [3.05, 3.63) is 27.5 Å². The van der Waals surface area contributed by atoms with Gasteiger partial charge in [0.1, 0.15) is 22.5 Å². The fourth-order valence-corrected chi connectivity index (χ4v) is 2.81. The van der Waals surface area contributed by atoms with Crippen LogP contribution in [0.2, 0.25) is 5.15 Å². The average molecular weight is 334 g/mol. The van der Waals surface area contributed by atoms with Gasteiger partial charge in [0, 0.05) is 0 Å². The highest BCUT2D eigenvalue weighted by molar-refractivity contribution is 9.10. The lowest BCUT2D eigenvalue weighted by Gasteiger charge is -2.35. The smallest absolute Gasteiger partial charge is 0.246 e. The predicted octanol–water partition coefficient (Wildman–Crippen LogP) is 2.71. The molecular formula is C12H14BrClN2O2. The van der Waals surface area contributed by atoms with Gasteiger partial charge in [-0.1, -0.05) is 25.4 Å². The number of nitrogens with zero attached hydrogens (tertiary/aromatic N) is 1. The third kappa shape index (κ3) is 3.02. The highest BCUT2D eigenvalue weighted by atomic mass is 79.9. The summed E-state index contributed by atoms with van der Waals surface area (Å²) in [6.07, 6.45) is -0.195. The fourth-order valence-electron chi connectivity index (χ4n) is 2.04. The molecular weight excluding hydrogens is 320 g/mol. The second kappa shape index (κ2) is 5.55. The zero-order chi connectivity index (χ0) is 13.3. The first kappa shape index (κ1) is 13.8. The summed E-state index contributed by atoms with van der Waals surface area (Å²) in [6, 6.07) is 3.57. The molecule has 0 aromatic carbocycles. The topological polar surface area (TPSA) is 51.2 Å². The monoisotopic (exact) mass is 332 g/mol. The van der Waals surface area contributed by atoms with E-state index in [1.807, 2.05) is 19.9 Å². The first-order chi connectivity index (χ1) is 8.47. The SMILES string of the molecule is CC(C)[C@@H]1NC(=O)CO[C@H]1c1cc(Cl)nc(Br)c1. The number of carbonyl (C=O) groups excluding carboxylic acids is 1. The molecule has 1 fully saturated rings. The standard InChI is InChI=1S/C12H14BrClN2O2/c1-6(2)11-12(18-5-10(17)16-11)7-3-8(13)15-9(14)4-7/h3-4,6,11-12H,5H2,1-2H3,(H,16,17)/t11-,12-/m0/s1. The molecule has 0 radical (unpaired) electrons. The van der Waals surface area contributed by atoms with Gasteiger partial charge in [0.25, 0.3) is 0 Å². The molecule has 1 amide bonds. The average Bonchev–Trinajstić information content (AvgIpc) is 2.27. The van der Waals surface area contributed by atoms with Crippen LogP contribution in [0, 0.1) is 5.92 Å². The maximum atomic E-state index is 11.4. The number of amides is 1. The number of carbonyl (C=O) groups is 1. The third-order valence-electron chi connectivity index (χ3n) is 2.88. The minimum Gasteiger partial charge on any atom is -0.362 e. The first-order valence-electron chi connectivity index (χ1n) is 5.71. The number of aromatic nitrogens is 1. The molecule has 2 atom stereocenters. The number of morpholine rings is 1. The summed E-state index contributed by atoms with van der Waals surface area (Å²) >= 11 is 9.25. The lowest BCUT2D eigenvalue weighted by molar-refractivity contribution is -0.138. The number of halogens is 2. The Labute approximate surface area is 119 Å². The van der Waals surface area contributed by atoms with Gasteiger partial charge in [0.15, 0.2) is 0 Å². The maximum Gasteiger partial charge on any atom is 0.246 e. The zero-order valence-electron chi connectivity index (χ0n) is 10.1. The summed E-state index contributed by atoms with van der Waals surface area (Å²) in [7, 11) is 0. The Morgan fingerprint density at radius 2 is 2.28 bits per heavy atom. The van der Waals surface area contributed by atoms with Crippen molar-refractivity contribution in [1.82, 2.24) is 10.3 Å². The van der Waals surface area contributed by atoms with Crippen LogP contribution in [0.5, 0.6) is 0 Å². The second-order valence-electron chi connectivity index (χ2n) is 4.61. The zero-order valence-corrected chi connectivity index (χ0v) is 12.5. The van der Waals surface area contributed by atoms with Crippen molar-refractivity contribution in [2.24, 2.45) is 5.92 Å². The van der Waals surface area contributed by atoms with Crippen LogP contribution in [-0.2, 0) is 9.53 Å². The van der Waals surface area contributed by atoms with Gasteiger partial charge in [-0.25, -0.2) is 4.98 Å². The molecule has 18 heavy (non-hydrogen) atoms. The summed E-state index contributed by atoms with van der Waals surface area (Å²) in [6.45, 7) is 4.17. The van der Waals surface area contributed by atoms with Crippen LogP contribution in [0.25, 0.3) is 0 Å². The Balaban J connectivity index is 2.32. The fraction of sp³-hybridized carbons (Fsp3) is 0.500. The Bertz CT molecular complexity index is 447. The molecule has 2 rings (SSSR count). The van der Waals surface area contributed by atoms with E-state index in [0.717, 1.165) is 5.56 Å². The predicted molar refractivity (Wildman–Crippen MR) is 72.4 cm³/mol. The maximum absolute atomic E-state index is 11.4. The van der Waals surface area contributed by atoms with Crippen LogP contribution < -0.4 is 5.32 Å². The van der Waals surface area contributed by atoms with Gasteiger partial charge >= 0.3 is 0 Å². The Morgan fingerprint density at radius 1 is 1.56 bits per heavy atom. The van der Waals surface area contributed by atoms with Gasteiger partial charge in [-0.15, -0.1) is 0 Å². The van der Waals surface area contributed by atoms with Crippen LogP contribution in [0.1, 0.15) is 25.5 Å². The summed E-state index contributed by atoms with van der Waals surface area (Å²) in [4.78, 5) is 15.5. The van der Waals surface area contributed by atoms with Crippen molar-refractivity contribution in [2.45, 2.75) is 26.0 Å². The van der Waals surface area contributed by atoms with E-state index in [9.17, 15) is 4.79 Å². The van der Waals surface area contributed by atoms with E-state index in [0.29, 0.717) is 9.76 Å². The number of rotatable bonds is 2. The Kier molecular flexibility index (Phi) is 4.25. The van der Waals surface area contributed by atoms with Gasteiger partial charge < -0.3 is 10.1 Å². The molecule has 0 unspecified atom stereocenters. The molecule has 1 saturated heterocycles. The minimum atomic E-state index is -0.195.